The van der Waals surface area contributed by atoms with Gasteiger partial charge < -0.3 is 10.3 Å². The van der Waals surface area contributed by atoms with E-state index < -0.39 is 17.0 Å². The SMILES string of the molecule is Cc1c(CN2C(=O)NC(Cc3c[nH]c4ccccc34)C2=O)cccc1[N+](=O)[O-]. The van der Waals surface area contributed by atoms with Gasteiger partial charge in [-0.3, -0.25) is 19.8 Å². The maximum atomic E-state index is 12.8. The van der Waals surface area contributed by atoms with Crippen LogP contribution >= 0.6 is 0 Å². The first-order valence-electron chi connectivity index (χ1n) is 8.85. The van der Waals surface area contributed by atoms with Crippen LogP contribution in [-0.2, 0) is 17.8 Å². The lowest BCUT2D eigenvalue weighted by atomic mass is 10.0. The Bertz CT molecular complexity index is 1100. The number of nitrogens with zero attached hydrogens (tertiary/aromatic N) is 2. The molecule has 0 aliphatic carbocycles. The van der Waals surface area contributed by atoms with Crippen molar-refractivity contribution in [3.05, 3.63) is 75.5 Å². The number of hydrogen-bond donors (Lipinski definition) is 2. The number of amides is 3. The number of carbonyl (C=O) groups is 2. The summed E-state index contributed by atoms with van der Waals surface area (Å²) in [6, 6.07) is 11.3. The number of urea groups is 1. The molecule has 142 valence electrons. The maximum absolute atomic E-state index is 12.8. The zero-order valence-electron chi connectivity index (χ0n) is 15.1. The summed E-state index contributed by atoms with van der Waals surface area (Å²) >= 11 is 0. The molecule has 8 nitrogen and oxygen atoms in total. The highest BCUT2D eigenvalue weighted by molar-refractivity contribution is 6.04. The van der Waals surface area contributed by atoms with Gasteiger partial charge in [0, 0.05) is 35.2 Å². The zero-order valence-corrected chi connectivity index (χ0v) is 15.1. The van der Waals surface area contributed by atoms with Crippen molar-refractivity contribution in [2.45, 2.75) is 25.9 Å². The number of aromatic amines is 1. The second-order valence-corrected chi connectivity index (χ2v) is 6.81. The number of nitro groups is 1. The van der Waals surface area contributed by atoms with Crippen molar-refractivity contribution < 1.29 is 14.5 Å². The van der Waals surface area contributed by atoms with Crippen LogP contribution in [0.3, 0.4) is 0 Å². The minimum atomic E-state index is -0.661. The molecule has 2 aromatic carbocycles. The fourth-order valence-corrected chi connectivity index (χ4v) is 3.59. The number of imide groups is 1. The Morgan fingerprint density at radius 3 is 2.68 bits per heavy atom. The molecule has 0 bridgehead atoms. The van der Waals surface area contributed by atoms with E-state index in [9.17, 15) is 19.7 Å². The second-order valence-electron chi connectivity index (χ2n) is 6.81. The van der Waals surface area contributed by atoms with Crippen molar-refractivity contribution in [2.24, 2.45) is 0 Å². The molecule has 2 heterocycles. The summed E-state index contributed by atoms with van der Waals surface area (Å²) in [5, 5.41) is 14.9. The molecule has 3 amide bonds. The third-order valence-corrected chi connectivity index (χ3v) is 5.15. The van der Waals surface area contributed by atoms with E-state index in [0.29, 0.717) is 17.5 Å². The van der Waals surface area contributed by atoms with Gasteiger partial charge in [0.05, 0.1) is 11.5 Å². The largest absolute Gasteiger partial charge is 0.361 e. The number of nitro benzene ring substituents is 1. The van der Waals surface area contributed by atoms with Gasteiger partial charge in [-0.25, -0.2) is 4.79 Å². The molecular formula is C20H18N4O4. The molecule has 8 heteroatoms. The van der Waals surface area contributed by atoms with E-state index in [0.717, 1.165) is 21.4 Å². The molecular weight excluding hydrogens is 360 g/mol. The van der Waals surface area contributed by atoms with Crippen molar-refractivity contribution in [1.82, 2.24) is 15.2 Å². The van der Waals surface area contributed by atoms with Crippen molar-refractivity contribution in [1.29, 1.82) is 0 Å². The van der Waals surface area contributed by atoms with Crippen molar-refractivity contribution in [2.75, 3.05) is 0 Å². The average Bonchev–Trinajstić information content (AvgIpc) is 3.19. The number of hydrogen-bond acceptors (Lipinski definition) is 4. The highest BCUT2D eigenvalue weighted by Crippen LogP contribution is 2.25. The number of carbonyl (C=O) groups excluding carboxylic acids is 2. The van der Waals surface area contributed by atoms with E-state index in [4.69, 9.17) is 0 Å². The standard InChI is InChI=1S/C20H18N4O4/c1-12-13(5-4-8-18(12)24(27)28)11-23-19(25)17(22-20(23)26)9-14-10-21-16-7-3-2-6-15(14)16/h2-8,10,17,21H,9,11H2,1H3,(H,22,26). The molecule has 0 radical (unpaired) electrons. The monoisotopic (exact) mass is 378 g/mol. The molecule has 28 heavy (non-hydrogen) atoms. The molecule has 1 saturated heterocycles. The molecule has 1 unspecified atom stereocenters. The fraction of sp³-hybridized carbons (Fsp3) is 0.200. The third-order valence-electron chi connectivity index (χ3n) is 5.15. The van der Waals surface area contributed by atoms with Crippen LogP contribution in [0.4, 0.5) is 10.5 Å². The Hall–Kier alpha value is -3.68. The van der Waals surface area contributed by atoms with Gasteiger partial charge >= 0.3 is 6.03 Å². The lowest BCUT2D eigenvalue weighted by molar-refractivity contribution is -0.385. The van der Waals surface area contributed by atoms with Gasteiger partial charge in [-0.1, -0.05) is 30.3 Å². The van der Waals surface area contributed by atoms with E-state index in [1.807, 2.05) is 30.5 Å². The number of aromatic nitrogens is 1. The fourth-order valence-electron chi connectivity index (χ4n) is 3.59. The zero-order chi connectivity index (χ0) is 19.8. The van der Waals surface area contributed by atoms with Crippen LogP contribution in [0.25, 0.3) is 10.9 Å². The summed E-state index contributed by atoms with van der Waals surface area (Å²) in [5.74, 6) is -0.332. The number of fused-ring (bicyclic) bond motifs is 1. The van der Waals surface area contributed by atoms with E-state index in [1.165, 1.54) is 6.07 Å². The Morgan fingerprint density at radius 2 is 1.89 bits per heavy atom. The number of para-hydroxylation sites is 1. The van der Waals surface area contributed by atoms with Gasteiger partial charge in [0.25, 0.3) is 11.6 Å². The van der Waals surface area contributed by atoms with Gasteiger partial charge in [0.15, 0.2) is 0 Å². The Morgan fingerprint density at radius 1 is 1.11 bits per heavy atom. The van der Waals surface area contributed by atoms with Crippen LogP contribution in [-0.4, -0.2) is 32.8 Å². The van der Waals surface area contributed by atoms with Crippen LogP contribution in [0, 0.1) is 17.0 Å². The molecule has 1 aromatic heterocycles. The first-order chi connectivity index (χ1) is 13.5. The topological polar surface area (TPSA) is 108 Å². The van der Waals surface area contributed by atoms with Gasteiger partial charge in [0.1, 0.15) is 6.04 Å². The molecule has 0 saturated carbocycles. The highest BCUT2D eigenvalue weighted by atomic mass is 16.6. The maximum Gasteiger partial charge on any atom is 0.325 e. The Kier molecular flexibility index (Phi) is 4.31. The van der Waals surface area contributed by atoms with Gasteiger partial charge in [-0.15, -0.1) is 0 Å². The number of rotatable bonds is 5. The minimum absolute atomic E-state index is 0.00254. The average molecular weight is 378 g/mol. The van der Waals surface area contributed by atoms with Crippen molar-refractivity contribution in [3.8, 4) is 0 Å². The Balaban J connectivity index is 1.55. The summed E-state index contributed by atoms with van der Waals surface area (Å²) in [5.41, 5.74) is 2.92. The third kappa shape index (κ3) is 2.98. The molecule has 3 aromatic rings. The normalized spacial score (nSPS) is 16.6. The number of nitrogens with one attached hydrogen (secondary N) is 2. The van der Waals surface area contributed by atoms with E-state index >= 15 is 0 Å². The van der Waals surface area contributed by atoms with Crippen molar-refractivity contribution in [3.63, 3.8) is 0 Å². The summed E-state index contributed by atoms with van der Waals surface area (Å²) in [6.07, 6.45) is 2.22. The summed E-state index contributed by atoms with van der Waals surface area (Å²) in [4.78, 5) is 40.1. The van der Waals surface area contributed by atoms with Crippen LogP contribution in [0.5, 0.6) is 0 Å². The summed E-state index contributed by atoms with van der Waals surface area (Å²) in [7, 11) is 0. The number of benzene rings is 2. The molecule has 0 spiro atoms. The van der Waals surface area contributed by atoms with Crippen molar-refractivity contribution >= 4 is 28.5 Å². The van der Waals surface area contributed by atoms with E-state index in [2.05, 4.69) is 10.3 Å². The van der Waals surface area contributed by atoms with Crippen LogP contribution in [0.15, 0.2) is 48.7 Å². The van der Waals surface area contributed by atoms with Crippen LogP contribution < -0.4 is 5.32 Å². The molecule has 1 aliphatic rings. The molecule has 2 N–H and O–H groups in total. The Labute approximate surface area is 160 Å². The predicted octanol–water partition coefficient (Wildman–Crippen LogP) is 3.05. The van der Waals surface area contributed by atoms with Gasteiger partial charge in [-0.2, -0.15) is 0 Å². The van der Waals surface area contributed by atoms with Crippen LogP contribution in [0.1, 0.15) is 16.7 Å². The quantitative estimate of drug-likeness (QED) is 0.404. The minimum Gasteiger partial charge on any atom is -0.361 e. The number of H-pyrrole nitrogens is 1. The van der Waals surface area contributed by atoms with Gasteiger partial charge in [0.2, 0.25) is 0 Å². The molecule has 1 fully saturated rings. The lowest BCUT2D eigenvalue weighted by Gasteiger charge is -2.14. The predicted molar refractivity (Wildman–Crippen MR) is 103 cm³/mol. The molecule has 4 rings (SSSR count). The smallest absolute Gasteiger partial charge is 0.325 e. The van der Waals surface area contributed by atoms with E-state index in [1.54, 1.807) is 19.1 Å². The van der Waals surface area contributed by atoms with Crippen LogP contribution in [0.2, 0.25) is 0 Å². The molecule has 1 aliphatic heterocycles. The second kappa shape index (κ2) is 6.80. The lowest BCUT2D eigenvalue weighted by Crippen LogP contribution is -2.32. The first-order valence-corrected chi connectivity index (χ1v) is 8.85. The summed E-state index contributed by atoms with van der Waals surface area (Å²) < 4.78 is 0. The summed E-state index contributed by atoms with van der Waals surface area (Å²) in [6.45, 7) is 1.62. The van der Waals surface area contributed by atoms with Gasteiger partial charge in [-0.05, 0) is 24.1 Å². The highest BCUT2D eigenvalue weighted by Gasteiger charge is 2.38. The van der Waals surface area contributed by atoms with E-state index in [-0.39, 0.29) is 18.1 Å². The molecule has 1 atom stereocenters. The first kappa shape index (κ1) is 17.7.